The monoisotopic (exact) mass is 223 g/mol. The molecule has 0 aliphatic heterocycles. The van der Waals surface area contributed by atoms with Crippen molar-refractivity contribution in [1.82, 2.24) is 5.32 Å². The standard InChI is InChI=1S/C13H21NO2/c1-4-12(9-16-3)14-10(2)11-6-5-7-13(15)8-11/h5-8,10,12,14-15H,4,9H2,1-3H3/t10-,12-/m1/s1. The highest BCUT2D eigenvalue weighted by Gasteiger charge is 2.11. The molecular weight excluding hydrogens is 202 g/mol. The van der Waals surface area contributed by atoms with Crippen molar-refractivity contribution >= 4 is 0 Å². The van der Waals surface area contributed by atoms with Crippen molar-refractivity contribution in [3.8, 4) is 5.75 Å². The summed E-state index contributed by atoms with van der Waals surface area (Å²) in [5.74, 6) is 0.311. The van der Waals surface area contributed by atoms with Gasteiger partial charge in [0.1, 0.15) is 5.75 Å². The Kier molecular flexibility index (Phi) is 5.29. The van der Waals surface area contributed by atoms with E-state index >= 15 is 0 Å². The highest BCUT2D eigenvalue weighted by atomic mass is 16.5. The third kappa shape index (κ3) is 3.83. The first-order valence-corrected chi connectivity index (χ1v) is 5.71. The quantitative estimate of drug-likeness (QED) is 0.778. The molecule has 0 saturated heterocycles. The van der Waals surface area contributed by atoms with E-state index in [0.717, 1.165) is 12.0 Å². The summed E-state index contributed by atoms with van der Waals surface area (Å²) in [5.41, 5.74) is 1.09. The molecule has 2 N–H and O–H groups in total. The highest BCUT2D eigenvalue weighted by Crippen LogP contribution is 2.18. The zero-order valence-electron chi connectivity index (χ0n) is 10.2. The molecule has 0 heterocycles. The van der Waals surface area contributed by atoms with Gasteiger partial charge in [0.15, 0.2) is 0 Å². The Balaban J connectivity index is 2.60. The van der Waals surface area contributed by atoms with Gasteiger partial charge in [0.05, 0.1) is 6.61 Å². The zero-order chi connectivity index (χ0) is 12.0. The van der Waals surface area contributed by atoms with Crippen molar-refractivity contribution in [2.45, 2.75) is 32.4 Å². The van der Waals surface area contributed by atoms with Crippen LogP contribution >= 0.6 is 0 Å². The van der Waals surface area contributed by atoms with E-state index in [0.29, 0.717) is 18.4 Å². The van der Waals surface area contributed by atoms with E-state index < -0.39 is 0 Å². The van der Waals surface area contributed by atoms with Crippen molar-refractivity contribution in [2.75, 3.05) is 13.7 Å². The molecule has 0 aliphatic carbocycles. The van der Waals surface area contributed by atoms with Crippen LogP contribution in [0.2, 0.25) is 0 Å². The largest absolute Gasteiger partial charge is 0.508 e. The Labute approximate surface area is 97.4 Å². The summed E-state index contributed by atoms with van der Waals surface area (Å²) >= 11 is 0. The van der Waals surface area contributed by atoms with E-state index in [1.54, 1.807) is 19.2 Å². The van der Waals surface area contributed by atoms with Gasteiger partial charge in [-0.15, -0.1) is 0 Å². The molecule has 0 amide bonds. The lowest BCUT2D eigenvalue weighted by atomic mass is 10.1. The van der Waals surface area contributed by atoms with Crippen LogP contribution in [0.25, 0.3) is 0 Å². The van der Waals surface area contributed by atoms with Crippen molar-refractivity contribution < 1.29 is 9.84 Å². The van der Waals surface area contributed by atoms with Gasteiger partial charge in [-0.2, -0.15) is 0 Å². The van der Waals surface area contributed by atoms with Gasteiger partial charge < -0.3 is 15.2 Å². The second-order valence-corrected chi connectivity index (χ2v) is 4.04. The van der Waals surface area contributed by atoms with Gasteiger partial charge in [-0.3, -0.25) is 0 Å². The zero-order valence-corrected chi connectivity index (χ0v) is 10.2. The Morgan fingerprint density at radius 3 is 2.75 bits per heavy atom. The van der Waals surface area contributed by atoms with Gasteiger partial charge in [-0.1, -0.05) is 19.1 Å². The molecule has 1 aromatic rings. The number of benzene rings is 1. The topological polar surface area (TPSA) is 41.5 Å². The fraction of sp³-hybridized carbons (Fsp3) is 0.538. The maximum atomic E-state index is 9.40. The van der Waals surface area contributed by atoms with Gasteiger partial charge in [-0.05, 0) is 31.0 Å². The Bertz CT molecular complexity index is 315. The van der Waals surface area contributed by atoms with Crippen LogP contribution in [0.3, 0.4) is 0 Å². The van der Waals surface area contributed by atoms with Gasteiger partial charge in [0.25, 0.3) is 0 Å². The summed E-state index contributed by atoms with van der Waals surface area (Å²) in [6.45, 7) is 4.93. The molecule has 0 aliphatic rings. The van der Waals surface area contributed by atoms with Crippen LogP contribution in [-0.4, -0.2) is 24.9 Å². The van der Waals surface area contributed by atoms with Gasteiger partial charge in [0.2, 0.25) is 0 Å². The van der Waals surface area contributed by atoms with E-state index in [1.165, 1.54) is 0 Å². The first kappa shape index (κ1) is 13.0. The molecule has 0 saturated carbocycles. The van der Waals surface area contributed by atoms with Crippen LogP contribution in [-0.2, 0) is 4.74 Å². The van der Waals surface area contributed by atoms with Crippen LogP contribution < -0.4 is 5.32 Å². The van der Waals surface area contributed by atoms with Crippen LogP contribution in [0.1, 0.15) is 31.9 Å². The second kappa shape index (κ2) is 6.51. The number of hydrogen-bond donors (Lipinski definition) is 2. The Morgan fingerprint density at radius 2 is 2.19 bits per heavy atom. The van der Waals surface area contributed by atoms with Gasteiger partial charge in [0, 0.05) is 19.2 Å². The van der Waals surface area contributed by atoms with Crippen molar-refractivity contribution in [3.63, 3.8) is 0 Å². The predicted octanol–water partition coefficient (Wildman–Crippen LogP) is 2.47. The fourth-order valence-corrected chi connectivity index (χ4v) is 1.73. The number of phenolic OH excluding ortho intramolecular Hbond substituents is 1. The molecule has 0 unspecified atom stereocenters. The number of nitrogens with one attached hydrogen (secondary N) is 1. The summed E-state index contributed by atoms with van der Waals surface area (Å²) < 4.78 is 5.14. The van der Waals surface area contributed by atoms with E-state index in [-0.39, 0.29) is 6.04 Å². The average Bonchev–Trinajstić information content (AvgIpc) is 2.28. The van der Waals surface area contributed by atoms with Gasteiger partial charge >= 0.3 is 0 Å². The van der Waals surface area contributed by atoms with Crippen LogP contribution in [0.5, 0.6) is 5.75 Å². The number of ether oxygens (including phenoxy) is 1. The average molecular weight is 223 g/mol. The lowest BCUT2D eigenvalue weighted by molar-refractivity contribution is 0.159. The smallest absolute Gasteiger partial charge is 0.115 e. The first-order chi connectivity index (χ1) is 7.67. The Morgan fingerprint density at radius 1 is 1.44 bits per heavy atom. The maximum Gasteiger partial charge on any atom is 0.115 e. The first-order valence-electron chi connectivity index (χ1n) is 5.71. The molecule has 0 bridgehead atoms. The van der Waals surface area contributed by atoms with Gasteiger partial charge in [-0.25, -0.2) is 0 Å². The van der Waals surface area contributed by atoms with E-state index in [1.807, 2.05) is 12.1 Å². The lowest BCUT2D eigenvalue weighted by Gasteiger charge is -2.22. The Hall–Kier alpha value is -1.06. The van der Waals surface area contributed by atoms with E-state index in [9.17, 15) is 5.11 Å². The van der Waals surface area contributed by atoms with E-state index in [2.05, 4.69) is 19.2 Å². The third-order valence-corrected chi connectivity index (χ3v) is 2.72. The molecular formula is C13H21NO2. The molecule has 1 rings (SSSR count). The lowest BCUT2D eigenvalue weighted by Crippen LogP contribution is -2.34. The number of phenols is 1. The number of methoxy groups -OCH3 is 1. The highest BCUT2D eigenvalue weighted by molar-refractivity contribution is 5.29. The molecule has 0 aromatic heterocycles. The molecule has 3 nitrogen and oxygen atoms in total. The SMILES string of the molecule is CC[C@H](COC)N[C@H](C)c1cccc(O)c1. The van der Waals surface area contributed by atoms with E-state index in [4.69, 9.17) is 4.74 Å². The number of hydrogen-bond acceptors (Lipinski definition) is 3. The molecule has 16 heavy (non-hydrogen) atoms. The van der Waals surface area contributed by atoms with Crippen LogP contribution in [0.15, 0.2) is 24.3 Å². The molecule has 2 atom stereocenters. The summed E-state index contributed by atoms with van der Waals surface area (Å²) in [4.78, 5) is 0. The fourth-order valence-electron chi connectivity index (χ4n) is 1.73. The molecule has 0 fully saturated rings. The number of aromatic hydroxyl groups is 1. The maximum absolute atomic E-state index is 9.40. The van der Waals surface area contributed by atoms with Crippen molar-refractivity contribution in [2.24, 2.45) is 0 Å². The van der Waals surface area contributed by atoms with Crippen molar-refractivity contribution in [1.29, 1.82) is 0 Å². The van der Waals surface area contributed by atoms with Crippen LogP contribution in [0.4, 0.5) is 0 Å². The summed E-state index contributed by atoms with van der Waals surface area (Å²) in [7, 11) is 1.71. The van der Waals surface area contributed by atoms with Crippen LogP contribution in [0, 0.1) is 0 Å². The molecule has 0 spiro atoms. The molecule has 0 radical (unpaired) electrons. The molecule has 90 valence electrons. The normalized spacial score (nSPS) is 14.7. The minimum Gasteiger partial charge on any atom is -0.508 e. The summed E-state index contributed by atoms with van der Waals surface area (Å²) in [6, 6.07) is 7.91. The molecule has 1 aromatic carbocycles. The second-order valence-electron chi connectivity index (χ2n) is 4.04. The summed E-state index contributed by atoms with van der Waals surface area (Å²) in [6.07, 6.45) is 1.02. The summed E-state index contributed by atoms with van der Waals surface area (Å²) in [5, 5.41) is 12.9. The minimum atomic E-state index is 0.215. The predicted molar refractivity (Wildman–Crippen MR) is 65.6 cm³/mol. The third-order valence-electron chi connectivity index (χ3n) is 2.72. The minimum absolute atomic E-state index is 0.215. The van der Waals surface area contributed by atoms with Crippen molar-refractivity contribution in [3.05, 3.63) is 29.8 Å². The molecule has 3 heteroatoms. The number of rotatable bonds is 6.